The van der Waals surface area contributed by atoms with E-state index in [-0.39, 0.29) is 5.54 Å². The Hall–Kier alpha value is -0.860. The quantitative estimate of drug-likeness (QED) is 0.843. The van der Waals surface area contributed by atoms with E-state index in [2.05, 4.69) is 63.3 Å². The fraction of sp³-hybridized carbons (Fsp3) is 0.684. The summed E-state index contributed by atoms with van der Waals surface area (Å²) in [6, 6.07) is 7.34. The van der Waals surface area contributed by atoms with Gasteiger partial charge in [0.2, 0.25) is 0 Å². The minimum Gasteiger partial charge on any atom is -0.308 e. The first-order valence-electron chi connectivity index (χ1n) is 8.49. The first-order valence-corrected chi connectivity index (χ1v) is 8.49. The molecular formula is C19H32N2. The van der Waals surface area contributed by atoms with E-state index in [0.29, 0.717) is 6.04 Å². The van der Waals surface area contributed by atoms with Crippen LogP contribution in [0.5, 0.6) is 0 Å². The fourth-order valence-electron chi connectivity index (χ4n) is 3.93. The van der Waals surface area contributed by atoms with E-state index in [1.54, 1.807) is 0 Å². The Balaban J connectivity index is 2.44. The Morgan fingerprint density at radius 1 is 1.19 bits per heavy atom. The fourth-order valence-corrected chi connectivity index (χ4v) is 3.93. The van der Waals surface area contributed by atoms with Crippen LogP contribution in [0.25, 0.3) is 0 Å². The molecule has 1 atom stereocenters. The van der Waals surface area contributed by atoms with Gasteiger partial charge < -0.3 is 10.2 Å². The minimum absolute atomic E-state index is 0.272. The molecule has 0 radical (unpaired) electrons. The van der Waals surface area contributed by atoms with E-state index in [4.69, 9.17) is 0 Å². The lowest BCUT2D eigenvalue weighted by molar-refractivity contribution is 0.104. The van der Waals surface area contributed by atoms with E-state index >= 15 is 0 Å². The van der Waals surface area contributed by atoms with Crippen LogP contribution >= 0.6 is 0 Å². The molecule has 1 unspecified atom stereocenters. The van der Waals surface area contributed by atoms with Crippen LogP contribution < -0.4 is 5.32 Å². The summed E-state index contributed by atoms with van der Waals surface area (Å²) in [6.45, 7) is 7.81. The zero-order chi connectivity index (χ0) is 15.5. The van der Waals surface area contributed by atoms with Gasteiger partial charge in [-0.15, -0.1) is 0 Å². The summed E-state index contributed by atoms with van der Waals surface area (Å²) in [6.07, 6.45) is 6.50. The van der Waals surface area contributed by atoms with Crippen LogP contribution in [0.2, 0.25) is 0 Å². The molecule has 0 heterocycles. The zero-order valence-corrected chi connectivity index (χ0v) is 14.5. The number of nitrogens with zero attached hydrogens (tertiary/aromatic N) is 1. The van der Waals surface area contributed by atoms with E-state index < -0.39 is 0 Å². The van der Waals surface area contributed by atoms with Crippen molar-refractivity contribution in [3.63, 3.8) is 0 Å². The molecule has 0 amide bonds. The third-order valence-corrected chi connectivity index (χ3v) is 5.24. The van der Waals surface area contributed by atoms with Gasteiger partial charge in [0.15, 0.2) is 0 Å². The van der Waals surface area contributed by atoms with Crippen molar-refractivity contribution in [2.24, 2.45) is 0 Å². The average molecular weight is 288 g/mol. The van der Waals surface area contributed by atoms with Crippen LogP contribution in [0, 0.1) is 13.8 Å². The molecule has 1 aliphatic carbocycles. The van der Waals surface area contributed by atoms with Gasteiger partial charge >= 0.3 is 0 Å². The number of nitrogens with one attached hydrogen (secondary N) is 1. The number of rotatable bonds is 6. The topological polar surface area (TPSA) is 15.3 Å². The summed E-state index contributed by atoms with van der Waals surface area (Å²) in [5.74, 6) is 0. The van der Waals surface area contributed by atoms with Gasteiger partial charge in [0, 0.05) is 5.54 Å². The summed E-state index contributed by atoms with van der Waals surface area (Å²) >= 11 is 0. The van der Waals surface area contributed by atoms with E-state index in [0.717, 1.165) is 6.54 Å². The lowest BCUT2D eigenvalue weighted by Gasteiger charge is -2.44. The number of aryl methyl sites for hydroxylation is 2. The molecule has 2 nitrogen and oxygen atoms in total. The van der Waals surface area contributed by atoms with Crippen molar-refractivity contribution in [1.82, 2.24) is 10.2 Å². The Morgan fingerprint density at radius 2 is 1.86 bits per heavy atom. The molecule has 1 fully saturated rings. The molecule has 2 rings (SSSR count). The molecule has 0 bridgehead atoms. The van der Waals surface area contributed by atoms with Crippen LogP contribution in [0.4, 0.5) is 0 Å². The lowest BCUT2D eigenvalue weighted by Crippen LogP contribution is -2.52. The SMILES string of the molecule is CCCNC(c1cc(C)ccc1C)C1(N(C)C)CCCC1. The second-order valence-corrected chi connectivity index (χ2v) is 6.95. The molecule has 0 aromatic heterocycles. The van der Waals surface area contributed by atoms with Crippen molar-refractivity contribution in [3.05, 3.63) is 34.9 Å². The Labute approximate surface area is 130 Å². The smallest absolute Gasteiger partial charge is 0.0509 e. The molecule has 0 aliphatic heterocycles. The maximum atomic E-state index is 3.88. The lowest BCUT2D eigenvalue weighted by atomic mass is 9.80. The highest BCUT2D eigenvalue weighted by Gasteiger charge is 2.44. The van der Waals surface area contributed by atoms with Gasteiger partial charge in [-0.3, -0.25) is 0 Å². The van der Waals surface area contributed by atoms with Crippen LogP contribution in [-0.4, -0.2) is 31.1 Å². The molecule has 21 heavy (non-hydrogen) atoms. The summed E-state index contributed by atoms with van der Waals surface area (Å²) in [7, 11) is 4.52. The normalized spacial score (nSPS) is 19.1. The first kappa shape index (κ1) is 16.5. The van der Waals surface area contributed by atoms with Gasteiger partial charge in [0.05, 0.1) is 6.04 Å². The van der Waals surface area contributed by atoms with Gasteiger partial charge in [-0.2, -0.15) is 0 Å². The Kier molecular flexibility index (Phi) is 5.45. The molecule has 1 aromatic carbocycles. The highest BCUT2D eigenvalue weighted by Crippen LogP contribution is 2.44. The first-order chi connectivity index (χ1) is 10.0. The molecule has 118 valence electrons. The summed E-state index contributed by atoms with van der Waals surface area (Å²) in [5, 5.41) is 3.88. The zero-order valence-electron chi connectivity index (χ0n) is 14.5. The van der Waals surface area contributed by atoms with Crippen molar-refractivity contribution < 1.29 is 0 Å². The van der Waals surface area contributed by atoms with Crippen molar-refractivity contribution in [3.8, 4) is 0 Å². The molecule has 1 N–H and O–H groups in total. The van der Waals surface area contributed by atoms with E-state index in [1.165, 1.54) is 48.8 Å². The van der Waals surface area contributed by atoms with Crippen molar-refractivity contribution >= 4 is 0 Å². The number of benzene rings is 1. The van der Waals surface area contributed by atoms with Gasteiger partial charge in [-0.1, -0.05) is 43.5 Å². The van der Waals surface area contributed by atoms with Crippen molar-refractivity contribution in [2.75, 3.05) is 20.6 Å². The van der Waals surface area contributed by atoms with Crippen LogP contribution in [-0.2, 0) is 0 Å². The van der Waals surface area contributed by atoms with Gasteiger partial charge in [-0.05, 0) is 64.9 Å². The number of hydrogen-bond acceptors (Lipinski definition) is 2. The van der Waals surface area contributed by atoms with E-state index in [1.807, 2.05) is 0 Å². The predicted molar refractivity (Wildman–Crippen MR) is 91.8 cm³/mol. The monoisotopic (exact) mass is 288 g/mol. The predicted octanol–water partition coefficient (Wildman–Crippen LogP) is 4.22. The van der Waals surface area contributed by atoms with Crippen LogP contribution in [0.15, 0.2) is 18.2 Å². The van der Waals surface area contributed by atoms with Crippen molar-refractivity contribution in [2.45, 2.75) is 64.5 Å². The maximum Gasteiger partial charge on any atom is 0.0509 e. The highest BCUT2D eigenvalue weighted by atomic mass is 15.2. The molecule has 1 aliphatic rings. The third kappa shape index (κ3) is 3.32. The molecule has 0 spiro atoms. The Bertz CT molecular complexity index is 459. The summed E-state index contributed by atoms with van der Waals surface area (Å²) in [5.41, 5.74) is 4.56. The number of hydrogen-bond donors (Lipinski definition) is 1. The van der Waals surface area contributed by atoms with Gasteiger partial charge in [0.25, 0.3) is 0 Å². The molecular weight excluding hydrogens is 256 g/mol. The second kappa shape index (κ2) is 6.93. The largest absolute Gasteiger partial charge is 0.308 e. The maximum absolute atomic E-state index is 3.88. The standard InChI is InChI=1S/C19H32N2/c1-6-13-20-18(17-14-15(2)9-10-16(17)3)19(21(4)5)11-7-8-12-19/h9-10,14,18,20H,6-8,11-13H2,1-5H3. The minimum atomic E-state index is 0.272. The molecule has 1 aromatic rings. The van der Waals surface area contributed by atoms with E-state index in [9.17, 15) is 0 Å². The number of likely N-dealkylation sites (N-methyl/N-ethyl adjacent to an activating group) is 1. The Morgan fingerprint density at radius 3 is 2.43 bits per heavy atom. The summed E-state index contributed by atoms with van der Waals surface area (Å²) in [4.78, 5) is 2.48. The van der Waals surface area contributed by atoms with Gasteiger partial charge in [-0.25, -0.2) is 0 Å². The molecule has 0 saturated heterocycles. The molecule has 1 saturated carbocycles. The van der Waals surface area contributed by atoms with Crippen molar-refractivity contribution in [1.29, 1.82) is 0 Å². The third-order valence-electron chi connectivity index (χ3n) is 5.24. The van der Waals surface area contributed by atoms with Gasteiger partial charge in [0.1, 0.15) is 0 Å². The molecule has 2 heteroatoms. The second-order valence-electron chi connectivity index (χ2n) is 6.95. The van der Waals surface area contributed by atoms with Crippen LogP contribution in [0.1, 0.15) is 61.8 Å². The average Bonchev–Trinajstić information content (AvgIpc) is 2.93. The van der Waals surface area contributed by atoms with Crippen LogP contribution in [0.3, 0.4) is 0 Å². The summed E-state index contributed by atoms with van der Waals surface area (Å²) < 4.78 is 0. The highest BCUT2D eigenvalue weighted by molar-refractivity contribution is 5.35.